The van der Waals surface area contributed by atoms with Crippen molar-refractivity contribution in [2.45, 2.75) is 64.9 Å². The molecule has 1 aliphatic heterocycles. The summed E-state index contributed by atoms with van der Waals surface area (Å²) < 4.78 is 12.3. The van der Waals surface area contributed by atoms with Crippen molar-refractivity contribution < 1.29 is 9.47 Å². The van der Waals surface area contributed by atoms with Crippen molar-refractivity contribution in [3.63, 3.8) is 0 Å². The third-order valence-corrected chi connectivity index (χ3v) is 5.90. The summed E-state index contributed by atoms with van der Waals surface area (Å²) in [6, 6.07) is 4.61. The molecule has 0 bridgehead atoms. The smallest absolute Gasteiger partial charge is 0.169 e. The van der Waals surface area contributed by atoms with Crippen LogP contribution in [0.25, 0.3) is 10.8 Å². The van der Waals surface area contributed by atoms with Gasteiger partial charge in [-0.2, -0.15) is 0 Å². The van der Waals surface area contributed by atoms with Crippen molar-refractivity contribution in [1.82, 2.24) is 0 Å². The largest absolute Gasteiger partial charge is 0.492 e. The number of hydrogen-bond donors (Lipinski definition) is 0. The number of rotatable bonds is 2. The van der Waals surface area contributed by atoms with Gasteiger partial charge in [0.25, 0.3) is 0 Å². The van der Waals surface area contributed by atoms with E-state index in [4.69, 9.17) is 9.47 Å². The van der Waals surface area contributed by atoms with Crippen LogP contribution in [0, 0.1) is 6.92 Å². The number of benzene rings is 2. The minimum absolute atomic E-state index is 0.132. The Balaban J connectivity index is 2.14. The highest BCUT2D eigenvalue weighted by Gasteiger charge is 2.47. The summed E-state index contributed by atoms with van der Waals surface area (Å²) >= 11 is 0. The Labute approximate surface area is 138 Å². The summed E-state index contributed by atoms with van der Waals surface area (Å²) in [5.41, 5.74) is 5.51. The fourth-order valence-electron chi connectivity index (χ4n) is 4.81. The molecule has 122 valence electrons. The van der Waals surface area contributed by atoms with E-state index in [-0.39, 0.29) is 5.60 Å². The Bertz CT molecular complexity index is 815. The van der Waals surface area contributed by atoms with E-state index >= 15 is 0 Å². The first-order chi connectivity index (χ1) is 10.9. The van der Waals surface area contributed by atoms with Crippen LogP contribution >= 0.6 is 0 Å². The highest BCUT2D eigenvalue weighted by atomic mass is 16.5. The molecule has 1 atom stereocenters. The predicted molar refractivity (Wildman–Crippen MR) is 95.1 cm³/mol. The number of ether oxygens (including phenoxy) is 2. The van der Waals surface area contributed by atoms with Gasteiger partial charge in [-0.3, -0.25) is 0 Å². The lowest BCUT2D eigenvalue weighted by molar-refractivity contribution is 0.105. The molecule has 0 N–H and O–H groups in total. The van der Waals surface area contributed by atoms with Crippen molar-refractivity contribution in [1.29, 1.82) is 0 Å². The van der Waals surface area contributed by atoms with Crippen LogP contribution in [0.2, 0.25) is 0 Å². The highest BCUT2D eigenvalue weighted by Crippen LogP contribution is 2.59. The molecule has 0 saturated heterocycles. The van der Waals surface area contributed by atoms with E-state index in [1.165, 1.54) is 39.4 Å². The molecule has 2 aromatic rings. The van der Waals surface area contributed by atoms with E-state index in [0.29, 0.717) is 11.8 Å². The minimum Gasteiger partial charge on any atom is -0.492 e. The fraction of sp³-hybridized carbons (Fsp3) is 0.524. The second-order valence-electron chi connectivity index (χ2n) is 7.91. The molecular weight excluding hydrogens is 284 g/mol. The molecule has 2 nitrogen and oxygen atoms in total. The first-order valence-electron chi connectivity index (χ1n) is 8.71. The van der Waals surface area contributed by atoms with Gasteiger partial charge in [0.15, 0.2) is 11.5 Å². The normalized spacial score (nSPS) is 20.9. The van der Waals surface area contributed by atoms with E-state index in [1.54, 1.807) is 7.11 Å². The standard InChI is InChI=1S/C21H26O2/c1-11(2)13-7-8-14-15-9-10-16-18(15)20(23-21(16,4)5)19(22-6)17(14)12(13)3/h7-8,11,16H,9-10H2,1-6H3/t16-/m0/s1. The number of methoxy groups -OCH3 is 1. The molecule has 0 radical (unpaired) electrons. The van der Waals surface area contributed by atoms with Gasteiger partial charge in [0, 0.05) is 16.9 Å². The average molecular weight is 310 g/mol. The van der Waals surface area contributed by atoms with Gasteiger partial charge in [-0.25, -0.2) is 0 Å². The monoisotopic (exact) mass is 310 g/mol. The van der Waals surface area contributed by atoms with Gasteiger partial charge < -0.3 is 9.47 Å². The third-order valence-electron chi connectivity index (χ3n) is 5.90. The third kappa shape index (κ3) is 1.81. The topological polar surface area (TPSA) is 18.5 Å². The maximum atomic E-state index is 6.40. The van der Waals surface area contributed by atoms with Gasteiger partial charge in [0.2, 0.25) is 0 Å². The Hall–Kier alpha value is -1.70. The van der Waals surface area contributed by atoms with Gasteiger partial charge in [0.1, 0.15) is 5.60 Å². The summed E-state index contributed by atoms with van der Waals surface area (Å²) in [5.74, 6) is 2.95. The fourth-order valence-corrected chi connectivity index (χ4v) is 4.81. The summed E-state index contributed by atoms with van der Waals surface area (Å²) in [6.45, 7) is 11.2. The molecule has 23 heavy (non-hydrogen) atoms. The summed E-state index contributed by atoms with van der Waals surface area (Å²) in [4.78, 5) is 0. The SMILES string of the molecule is COc1c2c3c(c4ccc(C(C)C)c(C)c14)CC[C@@H]3C(C)(C)O2. The van der Waals surface area contributed by atoms with Gasteiger partial charge >= 0.3 is 0 Å². The van der Waals surface area contributed by atoms with E-state index in [1.807, 2.05) is 0 Å². The van der Waals surface area contributed by atoms with Crippen molar-refractivity contribution in [3.05, 3.63) is 34.4 Å². The molecule has 4 rings (SSSR count). The van der Waals surface area contributed by atoms with E-state index < -0.39 is 0 Å². The van der Waals surface area contributed by atoms with Crippen molar-refractivity contribution in [3.8, 4) is 11.5 Å². The molecular formula is C21H26O2. The molecule has 0 spiro atoms. The molecule has 2 aliphatic rings. The van der Waals surface area contributed by atoms with E-state index in [2.05, 4.69) is 46.8 Å². The highest BCUT2D eigenvalue weighted by molar-refractivity contribution is 5.99. The minimum atomic E-state index is -0.132. The van der Waals surface area contributed by atoms with Crippen molar-refractivity contribution >= 4 is 10.8 Å². The summed E-state index contributed by atoms with van der Waals surface area (Å²) in [6.07, 6.45) is 2.34. The number of aryl methyl sites for hydroxylation is 2. The van der Waals surface area contributed by atoms with Crippen LogP contribution in [0.15, 0.2) is 12.1 Å². The molecule has 2 aromatic carbocycles. The molecule has 0 aromatic heterocycles. The zero-order valence-electron chi connectivity index (χ0n) is 15.0. The lowest BCUT2D eigenvalue weighted by Gasteiger charge is -2.25. The second-order valence-corrected chi connectivity index (χ2v) is 7.91. The Morgan fingerprint density at radius 3 is 2.65 bits per heavy atom. The first-order valence-corrected chi connectivity index (χ1v) is 8.71. The number of hydrogen-bond acceptors (Lipinski definition) is 2. The Kier molecular flexibility index (Phi) is 3.01. The quantitative estimate of drug-likeness (QED) is 0.731. The molecule has 1 heterocycles. The Morgan fingerprint density at radius 2 is 2.00 bits per heavy atom. The van der Waals surface area contributed by atoms with Crippen LogP contribution in [0.3, 0.4) is 0 Å². The lowest BCUT2D eigenvalue weighted by atomic mass is 9.86. The molecule has 0 unspecified atom stereocenters. The summed E-state index contributed by atoms with van der Waals surface area (Å²) in [7, 11) is 1.78. The van der Waals surface area contributed by atoms with Crippen molar-refractivity contribution in [2.24, 2.45) is 0 Å². The zero-order valence-corrected chi connectivity index (χ0v) is 15.0. The van der Waals surface area contributed by atoms with Crippen LogP contribution in [-0.4, -0.2) is 12.7 Å². The maximum absolute atomic E-state index is 6.40. The molecule has 2 heteroatoms. The first kappa shape index (κ1) is 14.9. The molecule has 0 fully saturated rings. The van der Waals surface area contributed by atoms with Crippen LogP contribution < -0.4 is 9.47 Å². The van der Waals surface area contributed by atoms with Gasteiger partial charge in [0.05, 0.1) is 7.11 Å². The predicted octanol–water partition coefficient (Wildman–Crippen LogP) is 5.48. The average Bonchev–Trinajstić information content (AvgIpc) is 3.03. The van der Waals surface area contributed by atoms with Crippen molar-refractivity contribution in [2.75, 3.05) is 7.11 Å². The van der Waals surface area contributed by atoms with Gasteiger partial charge in [-0.1, -0.05) is 26.0 Å². The Morgan fingerprint density at radius 1 is 1.26 bits per heavy atom. The zero-order chi connectivity index (χ0) is 16.5. The molecule has 0 amide bonds. The maximum Gasteiger partial charge on any atom is 0.169 e. The molecule has 1 aliphatic carbocycles. The van der Waals surface area contributed by atoms with Crippen LogP contribution in [-0.2, 0) is 6.42 Å². The second kappa shape index (κ2) is 4.66. The number of fused-ring (bicyclic) bond motifs is 2. The van der Waals surface area contributed by atoms with Crippen LogP contribution in [0.4, 0.5) is 0 Å². The van der Waals surface area contributed by atoms with E-state index in [0.717, 1.165) is 17.9 Å². The lowest BCUT2D eigenvalue weighted by Crippen LogP contribution is -2.29. The van der Waals surface area contributed by atoms with Crippen LogP contribution in [0.1, 0.15) is 68.2 Å². The van der Waals surface area contributed by atoms with Gasteiger partial charge in [-0.05, 0) is 61.6 Å². The van der Waals surface area contributed by atoms with Crippen LogP contribution in [0.5, 0.6) is 11.5 Å². The van der Waals surface area contributed by atoms with E-state index in [9.17, 15) is 0 Å². The van der Waals surface area contributed by atoms with Gasteiger partial charge in [-0.15, -0.1) is 0 Å². The summed E-state index contributed by atoms with van der Waals surface area (Å²) in [5, 5.41) is 2.62. The molecule has 0 saturated carbocycles.